The highest BCUT2D eigenvalue weighted by Gasteiger charge is 2.06. The van der Waals surface area contributed by atoms with E-state index in [1.807, 2.05) is 55.9 Å². The van der Waals surface area contributed by atoms with Gasteiger partial charge in [-0.15, -0.1) is 12.4 Å². The van der Waals surface area contributed by atoms with Gasteiger partial charge in [-0.1, -0.05) is 6.07 Å². The number of anilines is 1. The Morgan fingerprint density at radius 2 is 2.05 bits per heavy atom. The minimum absolute atomic E-state index is 0. The van der Waals surface area contributed by atoms with Crippen molar-refractivity contribution in [3.63, 3.8) is 0 Å². The highest BCUT2D eigenvalue weighted by molar-refractivity contribution is 5.90. The van der Waals surface area contributed by atoms with Crippen LogP contribution in [-0.2, 0) is 4.79 Å². The number of hydrogen-bond donors (Lipinski definition) is 2. The summed E-state index contributed by atoms with van der Waals surface area (Å²) < 4.78 is 1.88. The fraction of sp³-hybridized carbons (Fsp3) is 0.375. The second-order valence-electron chi connectivity index (χ2n) is 5.14. The van der Waals surface area contributed by atoms with Crippen molar-refractivity contribution in [2.24, 2.45) is 0 Å². The van der Waals surface area contributed by atoms with Crippen molar-refractivity contribution in [1.29, 1.82) is 0 Å². The summed E-state index contributed by atoms with van der Waals surface area (Å²) in [6.45, 7) is 4.83. The van der Waals surface area contributed by atoms with Crippen molar-refractivity contribution in [1.82, 2.24) is 15.1 Å². The van der Waals surface area contributed by atoms with Crippen LogP contribution in [0.1, 0.15) is 24.2 Å². The van der Waals surface area contributed by atoms with Gasteiger partial charge in [-0.3, -0.25) is 4.79 Å². The topological polar surface area (TPSA) is 59.0 Å². The highest BCUT2D eigenvalue weighted by Crippen LogP contribution is 2.17. The van der Waals surface area contributed by atoms with E-state index in [0.717, 1.165) is 35.7 Å². The molecule has 1 heterocycles. The molecule has 0 unspecified atom stereocenters. The summed E-state index contributed by atoms with van der Waals surface area (Å²) in [6.07, 6.45) is 1.35. The average molecular weight is 323 g/mol. The van der Waals surface area contributed by atoms with Gasteiger partial charge in [-0.05, 0) is 58.1 Å². The molecule has 0 bridgehead atoms. The molecule has 0 aliphatic rings. The number of rotatable bonds is 6. The van der Waals surface area contributed by atoms with Crippen molar-refractivity contribution in [3.8, 4) is 5.69 Å². The summed E-state index contributed by atoms with van der Waals surface area (Å²) >= 11 is 0. The molecule has 0 saturated heterocycles. The van der Waals surface area contributed by atoms with Gasteiger partial charge in [0, 0.05) is 17.8 Å². The van der Waals surface area contributed by atoms with Crippen LogP contribution in [0, 0.1) is 13.8 Å². The number of carbonyl (C=O) groups is 1. The lowest BCUT2D eigenvalue weighted by atomic mass is 10.2. The van der Waals surface area contributed by atoms with Gasteiger partial charge in [-0.25, -0.2) is 4.68 Å². The van der Waals surface area contributed by atoms with E-state index < -0.39 is 0 Å². The fourth-order valence-corrected chi connectivity index (χ4v) is 2.25. The lowest BCUT2D eigenvalue weighted by Gasteiger charge is -2.09. The number of aryl methyl sites for hydroxylation is 2. The molecule has 1 aromatic carbocycles. The smallest absolute Gasteiger partial charge is 0.224 e. The molecule has 2 aromatic rings. The molecule has 6 heteroatoms. The largest absolute Gasteiger partial charge is 0.326 e. The second-order valence-corrected chi connectivity index (χ2v) is 5.14. The number of carbonyl (C=O) groups excluding carboxylic acids is 1. The Balaban J connectivity index is 0.00000242. The van der Waals surface area contributed by atoms with Crippen molar-refractivity contribution < 1.29 is 4.79 Å². The number of benzene rings is 1. The fourth-order valence-electron chi connectivity index (χ4n) is 2.25. The van der Waals surface area contributed by atoms with Gasteiger partial charge in [0.2, 0.25) is 5.91 Å². The summed E-state index contributed by atoms with van der Waals surface area (Å²) in [7, 11) is 1.88. The van der Waals surface area contributed by atoms with Crippen LogP contribution in [-0.4, -0.2) is 29.3 Å². The van der Waals surface area contributed by atoms with E-state index in [-0.39, 0.29) is 18.3 Å². The molecule has 0 fully saturated rings. The molecular formula is C16H23ClN4O. The third-order valence-corrected chi connectivity index (χ3v) is 3.21. The Labute approximate surface area is 137 Å². The molecule has 0 saturated carbocycles. The van der Waals surface area contributed by atoms with Gasteiger partial charge in [-0.2, -0.15) is 5.10 Å². The molecule has 0 atom stereocenters. The standard InChI is InChI=1S/C16H22N4O.ClH/c1-12-10-13(2)20(19-12)15-7-4-6-14(11-15)18-16(21)8-5-9-17-3;/h4,6-7,10-11,17H,5,8-9H2,1-3H3,(H,18,21);1H. The van der Waals surface area contributed by atoms with Crippen LogP contribution in [0.3, 0.4) is 0 Å². The van der Waals surface area contributed by atoms with Crippen LogP contribution in [0.15, 0.2) is 30.3 Å². The predicted octanol–water partition coefficient (Wildman–Crippen LogP) is 2.85. The number of hydrogen-bond acceptors (Lipinski definition) is 3. The maximum absolute atomic E-state index is 11.8. The summed E-state index contributed by atoms with van der Waals surface area (Å²) in [5.41, 5.74) is 3.81. The monoisotopic (exact) mass is 322 g/mol. The molecule has 1 aromatic heterocycles. The van der Waals surface area contributed by atoms with Crippen molar-refractivity contribution in [2.45, 2.75) is 26.7 Å². The Morgan fingerprint density at radius 1 is 1.27 bits per heavy atom. The Morgan fingerprint density at radius 3 is 2.68 bits per heavy atom. The van der Waals surface area contributed by atoms with E-state index in [2.05, 4.69) is 15.7 Å². The molecule has 22 heavy (non-hydrogen) atoms. The zero-order chi connectivity index (χ0) is 15.2. The number of amides is 1. The molecule has 2 rings (SSSR count). The van der Waals surface area contributed by atoms with E-state index in [1.54, 1.807) is 0 Å². The van der Waals surface area contributed by atoms with Crippen LogP contribution in [0.5, 0.6) is 0 Å². The van der Waals surface area contributed by atoms with Crippen molar-refractivity contribution >= 4 is 24.0 Å². The maximum atomic E-state index is 11.8. The predicted molar refractivity (Wildman–Crippen MR) is 92.1 cm³/mol. The number of aromatic nitrogens is 2. The maximum Gasteiger partial charge on any atom is 0.224 e. The van der Waals surface area contributed by atoms with Gasteiger partial charge in [0.1, 0.15) is 0 Å². The lowest BCUT2D eigenvalue weighted by molar-refractivity contribution is -0.116. The molecule has 0 aliphatic heterocycles. The quantitative estimate of drug-likeness (QED) is 0.804. The zero-order valence-corrected chi connectivity index (χ0v) is 14.0. The highest BCUT2D eigenvalue weighted by atomic mass is 35.5. The Kier molecular flexibility index (Phi) is 7.08. The van der Waals surface area contributed by atoms with Crippen molar-refractivity contribution in [3.05, 3.63) is 41.7 Å². The Hall–Kier alpha value is -1.85. The van der Waals surface area contributed by atoms with Gasteiger partial charge in [0.25, 0.3) is 0 Å². The second kappa shape index (κ2) is 8.56. The van der Waals surface area contributed by atoms with Gasteiger partial charge in [0.05, 0.1) is 11.4 Å². The normalized spacial score (nSPS) is 10.1. The minimum atomic E-state index is 0. The van der Waals surface area contributed by atoms with Crippen LogP contribution >= 0.6 is 12.4 Å². The third kappa shape index (κ3) is 4.86. The van der Waals surface area contributed by atoms with E-state index in [1.165, 1.54) is 0 Å². The first-order valence-electron chi connectivity index (χ1n) is 7.18. The van der Waals surface area contributed by atoms with E-state index in [4.69, 9.17) is 0 Å². The van der Waals surface area contributed by atoms with Gasteiger partial charge in [0.15, 0.2) is 0 Å². The van der Waals surface area contributed by atoms with Crippen LogP contribution < -0.4 is 10.6 Å². The minimum Gasteiger partial charge on any atom is -0.326 e. The first-order chi connectivity index (χ1) is 10.1. The number of nitrogens with zero attached hydrogens (tertiary/aromatic N) is 2. The third-order valence-electron chi connectivity index (χ3n) is 3.21. The molecule has 0 radical (unpaired) electrons. The number of nitrogens with one attached hydrogen (secondary N) is 2. The summed E-state index contributed by atoms with van der Waals surface area (Å²) in [5, 5.41) is 10.4. The molecular weight excluding hydrogens is 300 g/mol. The molecule has 5 nitrogen and oxygen atoms in total. The lowest BCUT2D eigenvalue weighted by Crippen LogP contribution is -2.15. The van der Waals surface area contributed by atoms with Crippen LogP contribution in [0.2, 0.25) is 0 Å². The van der Waals surface area contributed by atoms with E-state index in [0.29, 0.717) is 6.42 Å². The summed E-state index contributed by atoms with van der Waals surface area (Å²) in [4.78, 5) is 11.8. The van der Waals surface area contributed by atoms with Crippen LogP contribution in [0.4, 0.5) is 5.69 Å². The molecule has 0 aliphatic carbocycles. The van der Waals surface area contributed by atoms with E-state index >= 15 is 0 Å². The summed E-state index contributed by atoms with van der Waals surface area (Å²) in [6, 6.07) is 9.77. The summed E-state index contributed by atoms with van der Waals surface area (Å²) in [5.74, 6) is 0.0377. The molecule has 1 amide bonds. The number of halogens is 1. The molecule has 0 spiro atoms. The molecule has 2 N–H and O–H groups in total. The van der Waals surface area contributed by atoms with Crippen molar-refractivity contribution in [2.75, 3.05) is 18.9 Å². The first-order valence-corrected chi connectivity index (χ1v) is 7.18. The SMILES string of the molecule is CNCCCC(=O)Nc1cccc(-n2nc(C)cc2C)c1.Cl. The molecule has 120 valence electrons. The average Bonchev–Trinajstić information content (AvgIpc) is 2.78. The first kappa shape index (κ1) is 18.2. The zero-order valence-electron chi connectivity index (χ0n) is 13.2. The van der Waals surface area contributed by atoms with Crippen LogP contribution in [0.25, 0.3) is 5.69 Å². The van der Waals surface area contributed by atoms with Gasteiger partial charge >= 0.3 is 0 Å². The van der Waals surface area contributed by atoms with Gasteiger partial charge < -0.3 is 10.6 Å². The Bertz CT molecular complexity index is 624. The van der Waals surface area contributed by atoms with E-state index in [9.17, 15) is 4.79 Å².